The van der Waals surface area contributed by atoms with Crippen LogP contribution in [0.5, 0.6) is 0 Å². The van der Waals surface area contributed by atoms with Gasteiger partial charge in [-0.25, -0.2) is 0 Å². The van der Waals surface area contributed by atoms with Gasteiger partial charge in [0, 0.05) is 6.61 Å². The van der Waals surface area contributed by atoms with Crippen LogP contribution in [0.25, 0.3) is 0 Å². The normalized spacial score (nSPS) is 33.8. The Bertz CT molecular complexity index is 273. The summed E-state index contributed by atoms with van der Waals surface area (Å²) in [5, 5.41) is -0.633. The fourth-order valence-corrected chi connectivity index (χ4v) is 2.33. The first-order chi connectivity index (χ1) is 7.24. The van der Waals surface area contributed by atoms with Gasteiger partial charge in [0.15, 0.2) is 0 Å². The molecular weight excluding hydrogens is 222 g/mol. The van der Waals surface area contributed by atoms with Crippen LogP contribution in [0.1, 0.15) is 6.42 Å². The molecule has 0 aromatic carbocycles. The zero-order chi connectivity index (χ0) is 10.8. The Balaban J connectivity index is 2.07. The number of amides is 1. The predicted molar refractivity (Wildman–Crippen MR) is 51.9 cm³/mol. The molecule has 2 heterocycles. The fraction of sp³-hybridized carbons (Fsp3) is 0.778. The Morgan fingerprint density at radius 2 is 2.33 bits per heavy atom. The van der Waals surface area contributed by atoms with Crippen molar-refractivity contribution >= 4 is 23.3 Å². The molecule has 3 unspecified atom stereocenters. The molecule has 0 saturated carbocycles. The first kappa shape index (κ1) is 10.9. The highest BCUT2D eigenvalue weighted by Gasteiger charge is 2.45. The van der Waals surface area contributed by atoms with E-state index in [4.69, 9.17) is 21.1 Å². The molecule has 0 spiro atoms. The molecule has 2 rings (SSSR count). The highest BCUT2D eigenvalue weighted by Crippen LogP contribution is 2.29. The number of nitrogens with zero attached hydrogens (tertiary/aromatic N) is 1. The molecule has 2 saturated heterocycles. The maximum absolute atomic E-state index is 11.1. The molecule has 5 nitrogen and oxygen atoms in total. The van der Waals surface area contributed by atoms with Gasteiger partial charge in [0.05, 0.1) is 25.3 Å². The zero-order valence-electron chi connectivity index (χ0n) is 8.10. The van der Waals surface area contributed by atoms with Crippen molar-refractivity contribution in [1.29, 1.82) is 0 Å². The molecule has 0 aliphatic carbocycles. The average molecular weight is 234 g/mol. The molecule has 0 radical (unpaired) electrons. The second-order valence-corrected chi connectivity index (χ2v) is 3.96. The third kappa shape index (κ3) is 2.00. The van der Waals surface area contributed by atoms with Crippen LogP contribution in [0.15, 0.2) is 0 Å². The monoisotopic (exact) mass is 233 g/mol. The van der Waals surface area contributed by atoms with Gasteiger partial charge in [-0.1, -0.05) is 0 Å². The molecule has 2 aliphatic rings. The summed E-state index contributed by atoms with van der Waals surface area (Å²) in [4.78, 5) is 22.9. The van der Waals surface area contributed by atoms with Crippen molar-refractivity contribution in [2.24, 2.45) is 0 Å². The van der Waals surface area contributed by atoms with Crippen LogP contribution in [-0.2, 0) is 14.3 Å². The lowest BCUT2D eigenvalue weighted by molar-refractivity contribution is -0.109. The van der Waals surface area contributed by atoms with Gasteiger partial charge in [0.2, 0.25) is 0 Å². The van der Waals surface area contributed by atoms with E-state index in [2.05, 4.69) is 0 Å². The number of hydrogen-bond donors (Lipinski definition) is 0. The van der Waals surface area contributed by atoms with Gasteiger partial charge in [0.1, 0.15) is 12.4 Å². The molecule has 0 N–H and O–H groups in total. The van der Waals surface area contributed by atoms with E-state index in [9.17, 15) is 9.59 Å². The number of fused-ring (bicyclic) bond motifs is 1. The van der Waals surface area contributed by atoms with Crippen LogP contribution < -0.4 is 0 Å². The smallest absolute Gasteiger partial charge is 0.317 e. The molecule has 0 bridgehead atoms. The second-order valence-electron chi connectivity index (χ2n) is 3.64. The minimum atomic E-state index is -0.633. The van der Waals surface area contributed by atoms with E-state index < -0.39 is 5.37 Å². The van der Waals surface area contributed by atoms with Gasteiger partial charge in [-0.2, -0.15) is 0 Å². The van der Waals surface area contributed by atoms with Crippen LogP contribution in [0.4, 0.5) is 4.79 Å². The second kappa shape index (κ2) is 4.47. The van der Waals surface area contributed by atoms with E-state index in [1.165, 1.54) is 4.90 Å². The van der Waals surface area contributed by atoms with Crippen LogP contribution in [0.2, 0.25) is 0 Å². The number of halogens is 1. The number of hydrogen-bond acceptors (Lipinski definition) is 4. The number of aldehydes is 1. The molecular formula is C9H12ClNO4. The number of carbonyl (C=O) groups excluding carboxylic acids is 2. The summed E-state index contributed by atoms with van der Waals surface area (Å²) in [6.07, 6.45) is 1.41. The SMILES string of the molecule is O=CCN(C(=O)Cl)C1COC2CCOC21. The highest BCUT2D eigenvalue weighted by atomic mass is 35.5. The summed E-state index contributed by atoms with van der Waals surface area (Å²) in [5.74, 6) is 0. The third-order valence-corrected chi connectivity index (χ3v) is 3.05. The van der Waals surface area contributed by atoms with E-state index in [0.717, 1.165) is 6.42 Å². The first-order valence-electron chi connectivity index (χ1n) is 4.87. The lowest BCUT2D eigenvalue weighted by atomic mass is 10.1. The van der Waals surface area contributed by atoms with E-state index in [1.807, 2.05) is 0 Å². The summed E-state index contributed by atoms with van der Waals surface area (Å²) < 4.78 is 10.9. The molecule has 2 fully saturated rings. The molecule has 1 amide bonds. The first-order valence-corrected chi connectivity index (χ1v) is 5.24. The Kier molecular flexibility index (Phi) is 3.23. The summed E-state index contributed by atoms with van der Waals surface area (Å²) in [6, 6.07) is -0.229. The Morgan fingerprint density at radius 3 is 3.00 bits per heavy atom. The van der Waals surface area contributed by atoms with Crippen LogP contribution in [0.3, 0.4) is 0 Å². The van der Waals surface area contributed by atoms with Gasteiger partial charge < -0.3 is 19.2 Å². The van der Waals surface area contributed by atoms with Gasteiger partial charge in [-0.15, -0.1) is 0 Å². The zero-order valence-corrected chi connectivity index (χ0v) is 8.85. The molecule has 0 aromatic heterocycles. The Hall–Kier alpha value is -0.650. The number of ether oxygens (including phenoxy) is 2. The lowest BCUT2D eigenvalue weighted by Gasteiger charge is -2.27. The molecule has 0 aromatic rings. The van der Waals surface area contributed by atoms with Crippen LogP contribution >= 0.6 is 11.6 Å². The lowest BCUT2D eigenvalue weighted by Crippen LogP contribution is -2.46. The largest absolute Gasteiger partial charge is 0.373 e. The third-order valence-electron chi connectivity index (χ3n) is 2.84. The summed E-state index contributed by atoms with van der Waals surface area (Å²) in [6.45, 7) is 1.02. The molecule has 84 valence electrons. The van der Waals surface area contributed by atoms with E-state index in [0.29, 0.717) is 19.5 Å². The molecule has 6 heteroatoms. The Labute approximate surface area is 92.3 Å². The van der Waals surface area contributed by atoms with Gasteiger partial charge >= 0.3 is 5.37 Å². The summed E-state index contributed by atoms with van der Waals surface area (Å²) in [5.41, 5.74) is 0. The van der Waals surface area contributed by atoms with Gasteiger partial charge in [-0.3, -0.25) is 4.79 Å². The summed E-state index contributed by atoms with van der Waals surface area (Å²) in [7, 11) is 0. The van der Waals surface area contributed by atoms with Gasteiger partial charge in [-0.05, 0) is 18.0 Å². The van der Waals surface area contributed by atoms with Crippen molar-refractivity contribution in [3.8, 4) is 0 Å². The topological polar surface area (TPSA) is 55.8 Å². The molecule has 2 aliphatic heterocycles. The quantitative estimate of drug-likeness (QED) is 0.402. The highest BCUT2D eigenvalue weighted by molar-refractivity contribution is 6.62. The van der Waals surface area contributed by atoms with Gasteiger partial charge in [0.25, 0.3) is 0 Å². The standard InChI is InChI=1S/C9H12ClNO4/c10-9(13)11(2-3-12)6-5-15-7-1-4-14-8(6)7/h3,6-8H,1-2,4-5H2. The van der Waals surface area contributed by atoms with Crippen LogP contribution in [0, 0.1) is 0 Å². The van der Waals surface area contributed by atoms with Crippen molar-refractivity contribution < 1.29 is 19.1 Å². The average Bonchev–Trinajstić information content (AvgIpc) is 2.75. The van der Waals surface area contributed by atoms with Crippen molar-refractivity contribution in [2.45, 2.75) is 24.7 Å². The Morgan fingerprint density at radius 1 is 1.53 bits per heavy atom. The van der Waals surface area contributed by atoms with Crippen LogP contribution in [-0.4, -0.2) is 54.6 Å². The van der Waals surface area contributed by atoms with E-state index in [1.54, 1.807) is 0 Å². The van der Waals surface area contributed by atoms with E-state index in [-0.39, 0.29) is 24.8 Å². The maximum Gasteiger partial charge on any atom is 0.317 e. The van der Waals surface area contributed by atoms with E-state index >= 15 is 0 Å². The van der Waals surface area contributed by atoms with Crippen molar-refractivity contribution in [3.05, 3.63) is 0 Å². The predicted octanol–water partition coefficient (Wildman–Crippen LogP) is 0.402. The van der Waals surface area contributed by atoms with Crippen molar-refractivity contribution in [1.82, 2.24) is 4.90 Å². The number of carbonyl (C=O) groups is 2. The minimum absolute atomic E-state index is 0.0110. The minimum Gasteiger partial charge on any atom is -0.373 e. The number of rotatable bonds is 3. The fourth-order valence-electron chi connectivity index (χ4n) is 2.13. The van der Waals surface area contributed by atoms with Crippen molar-refractivity contribution in [3.63, 3.8) is 0 Å². The molecule has 15 heavy (non-hydrogen) atoms. The summed E-state index contributed by atoms with van der Waals surface area (Å²) >= 11 is 5.41. The maximum atomic E-state index is 11.1. The molecule has 3 atom stereocenters. The van der Waals surface area contributed by atoms with Crippen molar-refractivity contribution in [2.75, 3.05) is 19.8 Å².